The molecule has 0 radical (unpaired) electrons. The van der Waals surface area contributed by atoms with E-state index in [1.165, 1.54) is 12.1 Å². The van der Waals surface area contributed by atoms with Gasteiger partial charge < -0.3 is 24.9 Å². The highest BCUT2D eigenvalue weighted by molar-refractivity contribution is 5.98. The van der Waals surface area contributed by atoms with E-state index in [4.69, 9.17) is 4.74 Å². The summed E-state index contributed by atoms with van der Waals surface area (Å²) < 4.78 is 19.7. The van der Waals surface area contributed by atoms with Gasteiger partial charge in [-0.3, -0.25) is 4.79 Å². The van der Waals surface area contributed by atoms with E-state index >= 15 is 0 Å². The van der Waals surface area contributed by atoms with Crippen molar-refractivity contribution in [3.05, 3.63) is 69.4 Å². The highest BCUT2D eigenvalue weighted by Gasteiger charge is 2.18. The van der Waals surface area contributed by atoms with Crippen LogP contribution >= 0.6 is 0 Å². The standard InChI is InChI=1S/C26H31FN4O2/c1-5-31(6-2)12-11-28-26(32)24-16(3)22(29-17(24)4)15-20-19-14-18(27)9-10-21(19)30-25(20)23-8-7-13-33-23/h7,9-10,13-15,29-30H,5-6,8,11-12H2,1-4H3,(H,28,32)/b20-15-,25-23+. The number of hydrogen-bond acceptors (Lipinski definition) is 3. The number of amides is 1. The number of nitrogens with zero attached hydrogens (tertiary/aromatic N) is 1. The van der Waals surface area contributed by atoms with Gasteiger partial charge in [-0.25, -0.2) is 4.39 Å². The lowest BCUT2D eigenvalue weighted by Crippen LogP contribution is -2.35. The molecule has 0 unspecified atom stereocenters. The molecule has 3 heterocycles. The third kappa shape index (κ3) is 4.59. The number of H-pyrrole nitrogens is 2. The minimum atomic E-state index is -0.300. The SMILES string of the molecule is CCN(CC)CCNC(=O)c1c(C)[nH]c(/C=c2\c(=C3\CC=CO3)[nH]c3ccc(F)cc23)c1C. The zero-order valence-corrected chi connectivity index (χ0v) is 19.6. The first kappa shape index (κ1) is 22.9. The lowest BCUT2D eigenvalue weighted by molar-refractivity contribution is 0.0948. The second-order valence-corrected chi connectivity index (χ2v) is 8.31. The number of ether oxygens (including phenoxy) is 1. The van der Waals surface area contributed by atoms with E-state index in [0.717, 1.165) is 63.8 Å². The number of aryl methyl sites for hydroxylation is 1. The van der Waals surface area contributed by atoms with E-state index in [0.29, 0.717) is 18.5 Å². The molecule has 0 fully saturated rings. The summed E-state index contributed by atoms with van der Waals surface area (Å²) in [7, 11) is 0. The van der Waals surface area contributed by atoms with Gasteiger partial charge in [0.25, 0.3) is 5.91 Å². The van der Waals surface area contributed by atoms with Crippen molar-refractivity contribution >= 4 is 28.6 Å². The molecule has 7 heteroatoms. The average molecular weight is 451 g/mol. The van der Waals surface area contributed by atoms with Crippen LogP contribution in [0.4, 0.5) is 4.39 Å². The van der Waals surface area contributed by atoms with E-state index in [-0.39, 0.29) is 11.7 Å². The zero-order valence-electron chi connectivity index (χ0n) is 19.6. The molecule has 4 rings (SSSR count). The van der Waals surface area contributed by atoms with Crippen molar-refractivity contribution in [1.29, 1.82) is 0 Å². The average Bonchev–Trinajstić information content (AvgIpc) is 3.50. The summed E-state index contributed by atoms with van der Waals surface area (Å²) in [6.45, 7) is 11.4. The first-order valence-corrected chi connectivity index (χ1v) is 11.5. The summed E-state index contributed by atoms with van der Waals surface area (Å²) in [6.07, 6.45) is 6.24. The molecule has 1 aliphatic rings. The number of hydrogen-bond donors (Lipinski definition) is 3. The van der Waals surface area contributed by atoms with E-state index in [2.05, 4.69) is 34.0 Å². The Morgan fingerprint density at radius 3 is 2.73 bits per heavy atom. The number of aromatic nitrogens is 2. The number of nitrogens with one attached hydrogen (secondary N) is 3. The van der Waals surface area contributed by atoms with Crippen LogP contribution in [-0.4, -0.2) is 47.0 Å². The maximum Gasteiger partial charge on any atom is 0.253 e. The van der Waals surface area contributed by atoms with Crippen molar-refractivity contribution in [3.63, 3.8) is 0 Å². The number of carbonyl (C=O) groups is 1. The fourth-order valence-corrected chi connectivity index (χ4v) is 4.41. The maximum absolute atomic E-state index is 14.1. The van der Waals surface area contributed by atoms with Gasteiger partial charge in [0.1, 0.15) is 11.6 Å². The Kier molecular flexibility index (Phi) is 6.70. The molecule has 0 saturated heterocycles. The second-order valence-electron chi connectivity index (χ2n) is 8.31. The Hall–Kier alpha value is -3.32. The summed E-state index contributed by atoms with van der Waals surface area (Å²) in [4.78, 5) is 21.9. The summed E-state index contributed by atoms with van der Waals surface area (Å²) in [5.74, 6) is 0.398. The molecule has 0 bridgehead atoms. The van der Waals surface area contributed by atoms with Gasteiger partial charge in [-0.2, -0.15) is 0 Å². The second kappa shape index (κ2) is 9.67. The zero-order chi connectivity index (χ0) is 23.5. The molecule has 2 aromatic heterocycles. The normalized spacial score (nSPS) is 15.6. The number of aromatic amines is 2. The van der Waals surface area contributed by atoms with E-state index in [1.807, 2.05) is 26.0 Å². The molecular weight excluding hydrogens is 419 g/mol. The van der Waals surface area contributed by atoms with Gasteiger partial charge in [-0.05, 0) is 62.9 Å². The van der Waals surface area contributed by atoms with E-state index in [9.17, 15) is 9.18 Å². The van der Waals surface area contributed by atoms with Crippen LogP contribution in [0, 0.1) is 19.7 Å². The Morgan fingerprint density at radius 2 is 2.03 bits per heavy atom. The molecule has 0 spiro atoms. The van der Waals surface area contributed by atoms with Crippen LogP contribution in [0.2, 0.25) is 0 Å². The molecule has 174 valence electrons. The minimum Gasteiger partial charge on any atom is -0.467 e. The van der Waals surface area contributed by atoms with Crippen LogP contribution in [0.3, 0.4) is 0 Å². The summed E-state index contributed by atoms with van der Waals surface area (Å²) in [5.41, 5.74) is 3.97. The topological polar surface area (TPSA) is 73.2 Å². The van der Waals surface area contributed by atoms with Crippen molar-refractivity contribution in [3.8, 4) is 0 Å². The first-order valence-electron chi connectivity index (χ1n) is 11.5. The van der Waals surface area contributed by atoms with Gasteiger partial charge in [0, 0.05) is 47.0 Å². The van der Waals surface area contributed by atoms with Gasteiger partial charge >= 0.3 is 0 Å². The quantitative estimate of drug-likeness (QED) is 0.518. The third-order valence-corrected chi connectivity index (χ3v) is 6.29. The van der Waals surface area contributed by atoms with Crippen molar-refractivity contribution in [2.75, 3.05) is 26.2 Å². The Morgan fingerprint density at radius 1 is 1.24 bits per heavy atom. The smallest absolute Gasteiger partial charge is 0.253 e. The van der Waals surface area contributed by atoms with Gasteiger partial charge in [-0.15, -0.1) is 0 Å². The highest BCUT2D eigenvalue weighted by atomic mass is 19.1. The van der Waals surface area contributed by atoms with E-state index < -0.39 is 0 Å². The fraction of sp³-hybridized carbons (Fsp3) is 0.346. The first-order chi connectivity index (χ1) is 15.9. The largest absolute Gasteiger partial charge is 0.467 e. The Balaban J connectivity index is 1.74. The Labute approximate surface area is 192 Å². The predicted molar refractivity (Wildman–Crippen MR) is 130 cm³/mol. The highest BCUT2D eigenvalue weighted by Crippen LogP contribution is 2.19. The van der Waals surface area contributed by atoms with Gasteiger partial charge in [0.05, 0.1) is 17.2 Å². The molecule has 6 nitrogen and oxygen atoms in total. The molecule has 0 atom stereocenters. The molecule has 0 aliphatic carbocycles. The summed E-state index contributed by atoms with van der Waals surface area (Å²) in [5, 5.41) is 5.46. The lowest BCUT2D eigenvalue weighted by Gasteiger charge is -2.18. The number of carbonyl (C=O) groups excluding carboxylic acids is 1. The van der Waals surface area contributed by atoms with Crippen LogP contribution in [0.1, 0.15) is 47.6 Å². The number of halogens is 1. The molecule has 0 saturated carbocycles. The number of fused-ring (bicyclic) bond motifs is 1. The molecular formula is C26H31FN4O2. The summed E-state index contributed by atoms with van der Waals surface area (Å²) in [6, 6.07) is 4.70. The van der Waals surface area contributed by atoms with Crippen molar-refractivity contribution in [2.45, 2.75) is 34.1 Å². The summed E-state index contributed by atoms with van der Waals surface area (Å²) >= 11 is 0. The van der Waals surface area contributed by atoms with E-state index in [1.54, 1.807) is 12.3 Å². The molecule has 33 heavy (non-hydrogen) atoms. The molecule has 1 aliphatic heterocycles. The molecule has 1 aromatic carbocycles. The van der Waals surface area contributed by atoms with Crippen LogP contribution in [0.5, 0.6) is 0 Å². The monoisotopic (exact) mass is 450 g/mol. The third-order valence-electron chi connectivity index (χ3n) is 6.29. The van der Waals surface area contributed by atoms with Gasteiger partial charge in [0.2, 0.25) is 0 Å². The van der Waals surface area contributed by atoms with Crippen LogP contribution < -0.4 is 15.9 Å². The predicted octanol–water partition coefficient (Wildman–Crippen LogP) is 3.19. The van der Waals surface area contributed by atoms with Crippen LogP contribution in [-0.2, 0) is 4.74 Å². The van der Waals surface area contributed by atoms with Crippen LogP contribution in [0.25, 0.3) is 22.7 Å². The van der Waals surface area contributed by atoms with Crippen molar-refractivity contribution in [2.24, 2.45) is 0 Å². The molecule has 3 N–H and O–H groups in total. The Bertz CT molecular complexity index is 1320. The minimum absolute atomic E-state index is 0.0871. The fourth-order valence-electron chi connectivity index (χ4n) is 4.41. The molecule has 1 amide bonds. The number of rotatable bonds is 7. The van der Waals surface area contributed by atoms with Crippen molar-refractivity contribution < 1.29 is 13.9 Å². The van der Waals surface area contributed by atoms with Crippen molar-refractivity contribution in [1.82, 2.24) is 20.2 Å². The van der Waals surface area contributed by atoms with Crippen LogP contribution in [0.15, 0.2) is 30.5 Å². The van der Waals surface area contributed by atoms with Gasteiger partial charge in [-0.1, -0.05) is 13.8 Å². The number of likely N-dealkylation sites (N-methyl/N-ethyl adjacent to an activating group) is 1. The lowest BCUT2D eigenvalue weighted by atomic mass is 10.1. The molecule has 3 aromatic rings. The number of benzene rings is 1. The van der Waals surface area contributed by atoms with Gasteiger partial charge in [0.15, 0.2) is 0 Å². The maximum atomic E-state index is 14.1.